The van der Waals surface area contributed by atoms with Crippen molar-refractivity contribution >= 4 is 5.69 Å². The molecule has 1 fully saturated rings. The quantitative estimate of drug-likeness (QED) is 0.904. The molecule has 0 amide bonds. The maximum atomic E-state index is 9.20. The van der Waals surface area contributed by atoms with E-state index >= 15 is 0 Å². The molecule has 19 heavy (non-hydrogen) atoms. The molecule has 0 heterocycles. The van der Waals surface area contributed by atoms with Crippen LogP contribution in [0.5, 0.6) is 5.75 Å². The van der Waals surface area contributed by atoms with Gasteiger partial charge in [0.2, 0.25) is 0 Å². The lowest BCUT2D eigenvalue weighted by Crippen LogP contribution is -2.31. The van der Waals surface area contributed by atoms with Crippen LogP contribution in [0.3, 0.4) is 0 Å². The number of benzene rings is 1. The number of nitrogens with one attached hydrogen (secondary N) is 1. The van der Waals surface area contributed by atoms with Crippen LogP contribution < -0.4 is 10.1 Å². The van der Waals surface area contributed by atoms with Gasteiger partial charge in [-0.3, -0.25) is 0 Å². The third-order valence-corrected chi connectivity index (χ3v) is 3.67. The number of nitriles is 1. The highest BCUT2D eigenvalue weighted by molar-refractivity contribution is 5.66. The van der Waals surface area contributed by atoms with Crippen LogP contribution >= 0.6 is 0 Å². The fraction of sp³-hybridized carbons (Fsp3) is 0.533. The van der Waals surface area contributed by atoms with E-state index in [4.69, 9.17) is 9.47 Å². The average molecular weight is 260 g/mol. The number of methoxy groups -OCH3 is 2. The van der Waals surface area contributed by atoms with Crippen molar-refractivity contribution < 1.29 is 9.47 Å². The summed E-state index contributed by atoms with van der Waals surface area (Å²) in [6.07, 6.45) is 4.65. The van der Waals surface area contributed by atoms with E-state index in [-0.39, 0.29) is 0 Å². The van der Waals surface area contributed by atoms with Crippen LogP contribution in [0.15, 0.2) is 18.2 Å². The van der Waals surface area contributed by atoms with Gasteiger partial charge in [-0.15, -0.1) is 0 Å². The minimum Gasteiger partial charge on any atom is -0.495 e. The standard InChI is InChI=1S/C15H20N2O2/c1-18-13-7-4-6-12(9-13)17-15-11(10-16)5-3-8-14(15)19-2/h3,5,8,12-13,17H,4,6-7,9H2,1-2H3. The van der Waals surface area contributed by atoms with Crippen molar-refractivity contribution in [3.8, 4) is 11.8 Å². The number of para-hydroxylation sites is 1. The van der Waals surface area contributed by atoms with Gasteiger partial charge in [-0.05, 0) is 37.8 Å². The second-order valence-corrected chi connectivity index (χ2v) is 4.86. The normalized spacial score (nSPS) is 22.6. The van der Waals surface area contributed by atoms with Gasteiger partial charge in [-0.2, -0.15) is 5.26 Å². The van der Waals surface area contributed by atoms with Crippen LogP contribution in [0, 0.1) is 11.3 Å². The van der Waals surface area contributed by atoms with E-state index in [1.54, 1.807) is 14.2 Å². The molecule has 2 atom stereocenters. The van der Waals surface area contributed by atoms with E-state index < -0.39 is 0 Å². The Labute approximate surface area is 114 Å². The molecule has 4 heteroatoms. The number of nitrogens with zero attached hydrogens (tertiary/aromatic N) is 1. The van der Waals surface area contributed by atoms with Crippen LogP contribution in [0.2, 0.25) is 0 Å². The summed E-state index contributed by atoms with van der Waals surface area (Å²) in [6.45, 7) is 0. The van der Waals surface area contributed by atoms with Crippen LogP contribution in [-0.4, -0.2) is 26.4 Å². The molecule has 0 saturated heterocycles. The van der Waals surface area contributed by atoms with E-state index in [0.717, 1.165) is 37.1 Å². The fourth-order valence-electron chi connectivity index (χ4n) is 2.64. The molecular weight excluding hydrogens is 240 g/mol. The first kappa shape index (κ1) is 13.7. The maximum Gasteiger partial charge on any atom is 0.143 e. The lowest BCUT2D eigenvalue weighted by atomic mass is 9.92. The highest BCUT2D eigenvalue weighted by Gasteiger charge is 2.23. The number of anilines is 1. The van der Waals surface area contributed by atoms with Gasteiger partial charge in [0.15, 0.2) is 0 Å². The highest BCUT2D eigenvalue weighted by atomic mass is 16.5. The zero-order valence-electron chi connectivity index (χ0n) is 11.5. The van der Waals surface area contributed by atoms with E-state index in [0.29, 0.717) is 17.7 Å². The minimum absolute atomic E-state index is 0.312. The minimum atomic E-state index is 0.312. The number of hydrogen-bond donors (Lipinski definition) is 1. The first-order valence-electron chi connectivity index (χ1n) is 6.65. The van der Waals surface area contributed by atoms with Gasteiger partial charge in [0, 0.05) is 13.2 Å². The highest BCUT2D eigenvalue weighted by Crippen LogP contribution is 2.31. The van der Waals surface area contributed by atoms with Gasteiger partial charge in [-0.25, -0.2) is 0 Å². The summed E-state index contributed by atoms with van der Waals surface area (Å²) in [4.78, 5) is 0. The van der Waals surface area contributed by atoms with Crippen molar-refractivity contribution in [3.63, 3.8) is 0 Å². The van der Waals surface area contributed by atoms with E-state index in [1.165, 1.54) is 0 Å². The molecule has 1 N–H and O–H groups in total. The predicted octanol–water partition coefficient (Wildman–Crippen LogP) is 2.94. The Morgan fingerprint density at radius 2 is 2.16 bits per heavy atom. The van der Waals surface area contributed by atoms with Crippen molar-refractivity contribution in [2.75, 3.05) is 19.5 Å². The number of hydrogen-bond acceptors (Lipinski definition) is 4. The van der Waals surface area contributed by atoms with Crippen molar-refractivity contribution in [1.29, 1.82) is 5.26 Å². The third-order valence-electron chi connectivity index (χ3n) is 3.67. The van der Waals surface area contributed by atoms with Crippen LogP contribution in [-0.2, 0) is 4.74 Å². The molecule has 2 unspecified atom stereocenters. The molecule has 0 bridgehead atoms. The Balaban J connectivity index is 2.16. The Hall–Kier alpha value is -1.73. The summed E-state index contributed by atoms with van der Waals surface area (Å²) >= 11 is 0. The van der Waals surface area contributed by atoms with E-state index in [9.17, 15) is 5.26 Å². The van der Waals surface area contributed by atoms with Crippen LogP contribution in [0.25, 0.3) is 0 Å². The maximum absolute atomic E-state index is 9.20. The molecule has 0 aliphatic heterocycles. The topological polar surface area (TPSA) is 54.3 Å². The first-order valence-corrected chi connectivity index (χ1v) is 6.65. The summed E-state index contributed by atoms with van der Waals surface area (Å²) in [5.74, 6) is 0.721. The van der Waals surface area contributed by atoms with Gasteiger partial charge in [0.1, 0.15) is 11.8 Å². The van der Waals surface area contributed by atoms with Gasteiger partial charge in [0.25, 0.3) is 0 Å². The summed E-state index contributed by atoms with van der Waals surface area (Å²) < 4.78 is 10.8. The summed E-state index contributed by atoms with van der Waals surface area (Å²) in [5, 5.41) is 12.7. The molecule has 0 radical (unpaired) electrons. The lowest BCUT2D eigenvalue weighted by Gasteiger charge is -2.30. The molecule has 1 aliphatic rings. The molecule has 2 rings (SSSR count). The zero-order valence-corrected chi connectivity index (χ0v) is 11.5. The summed E-state index contributed by atoms with van der Waals surface area (Å²) in [6, 6.07) is 8.06. The molecule has 0 spiro atoms. The monoisotopic (exact) mass is 260 g/mol. The van der Waals surface area contributed by atoms with Crippen molar-refractivity contribution in [3.05, 3.63) is 23.8 Å². The average Bonchev–Trinajstić information content (AvgIpc) is 2.47. The number of ether oxygens (including phenoxy) is 2. The van der Waals surface area contributed by atoms with Crippen LogP contribution in [0.1, 0.15) is 31.2 Å². The lowest BCUT2D eigenvalue weighted by molar-refractivity contribution is 0.0669. The Bertz CT molecular complexity index is 468. The zero-order chi connectivity index (χ0) is 13.7. The Morgan fingerprint density at radius 3 is 2.84 bits per heavy atom. The molecule has 1 aromatic carbocycles. The second kappa shape index (κ2) is 6.44. The molecule has 4 nitrogen and oxygen atoms in total. The van der Waals surface area contributed by atoms with E-state index in [2.05, 4.69) is 11.4 Å². The van der Waals surface area contributed by atoms with Crippen LogP contribution in [0.4, 0.5) is 5.69 Å². The van der Waals surface area contributed by atoms with Crippen molar-refractivity contribution in [1.82, 2.24) is 0 Å². The van der Waals surface area contributed by atoms with Crippen molar-refractivity contribution in [2.45, 2.75) is 37.8 Å². The first-order chi connectivity index (χ1) is 9.28. The summed E-state index contributed by atoms with van der Waals surface area (Å²) in [5.41, 5.74) is 1.42. The molecule has 102 valence electrons. The number of rotatable bonds is 4. The van der Waals surface area contributed by atoms with E-state index in [1.807, 2.05) is 18.2 Å². The second-order valence-electron chi connectivity index (χ2n) is 4.86. The van der Waals surface area contributed by atoms with Gasteiger partial charge in [0.05, 0.1) is 24.5 Å². The predicted molar refractivity (Wildman–Crippen MR) is 74.4 cm³/mol. The van der Waals surface area contributed by atoms with Crippen molar-refractivity contribution in [2.24, 2.45) is 0 Å². The van der Waals surface area contributed by atoms with Gasteiger partial charge < -0.3 is 14.8 Å². The van der Waals surface area contributed by atoms with Gasteiger partial charge in [-0.1, -0.05) is 6.07 Å². The molecule has 1 aromatic rings. The summed E-state index contributed by atoms with van der Waals surface area (Å²) in [7, 11) is 3.39. The Kier molecular flexibility index (Phi) is 4.64. The Morgan fingerprint density at radius 1 is 1.32 bits per heavy atom. The fourth-order valence-corrected chi connectivity index (χ4v) is 2.64. The largest absolute Gasteiger partial charge is 0.495 e. The molecular formula is C15H20N2O2. The smallest absolute Gasteiger partial charge is 0.143 e. The molecule has 0 aromatic heterocycles. The molecule has 1 aliphatic carbocycles. The third kappa shape index (κ3) is 3.18. The molecule has 1 saturated carbocycles. The van der Waals surface area contributed by atoms with Gasteiger partial charge >= 0.3 is 0 Å². The SMILES string of the molecule is COc1cccc(C#N)c1NC1CCCC(OC)C1.